The van der Waals surface area contributed by atoms with E-state index in [4.69, 9.17) is 9.47 Å². The number of methoxy groups -OCH3 is 2. The molecule has 0 radical (unpaired) electrons. The van der Waals surface area contributed by atoms with Crippen LogP contribution in [0.3, 0.4) is 0 Å². The number of aliphatic hydroxyl groups is 1. The van der Waals surface area contributed by atoms with Gasteiger partial charge in [0.1, 0.15) is 4.88 Å². The van der Waals surface area contributed by atoms with Crippen molar-refractivity contribution >= 4 is 40.2 Å². The van der Waals surface area contributed by atoms with E-state index in [9.17, 15) is 24.6 Å². The molecule has 9 nitrogen and oxygen atoms in total. The van der Waals surface area contributed by atoms with Crippen LogP contribution in [0.1, 0.15) is 32.5 Å². The van der Waals surface area contributed by atoms with Crippen molar-refractivity contribution in [3.63, 3.8) is 0 Å². The van der Waals surface area contributed by atoms with Gasteiger partial charge in [-0.15, -0.1) is 0 Å². The van der Waals surface area contributed by atoms with E-state index in [-0.39, 0.29) is 27.1 Å². The lowest BCUT2D eigenvalue weighted by Crippen LogP contribution is -2.30. The average molecular weight is 507 g/mol. The van der Waals surface area contributed by atoms with Crippen molar-refractivity contribution in [1.82, 2.24) is 4.98 Å². The number of allylic oxidation sites excluding steroid dienone is 1. The third kappa shape index (κ3) is 4.46. The van der Waals surface area contributed by atoms with Gasteiger partial charge >= 0.3 is 5.97 Å². The second-order valence-electron chi connectivity index (χ2n) is 7.78. The number of benzene rings is 2. The minimum atomic E-state index is -1.10. The van der Waals surface area contributed by atoms with Gasteiger partial charge in [0.25, 0.3) is 5.91 Å². The number of anilines is 1. The van der Waals surface area contributed by atoms with Gasteiger partial charge in [-0.3, -0.25) is 14.5 Å². The van der Waals surface area contributed by atoms with Crippen LogP contribution in [0.4, 0.5) is 5.13 Å². The summed E-state index contributed by atoms with van der Waals surface area (Å²) in [5, 5.41) is 21.0. The number of phenolic OH excluding ortho intramolecular Hbond substituents is 1. The van der Waals surface area contributed by atoms with E-state index < -0.39 is 29.5 Å². The summed E-state index contributed by atoms with van der Waals surface area (Å²) in [4.78, 5) is 44.4. The quantitative estimate of drug-likeness (QED) is 0.362. The van der Waals surface area contributed by atoms with Crippen LogP contribution in [0.2, 0.25) is 0 Å². The average Bonchev–Trinajstić information content (AvgIpc) is 3.39. The van der Waals surface area contributed by atoms with E-state index in [1.165, 1.54) is 38.5 Å². The van der Waals surface area contributed by atoms with Crippen molar-refractivity contribution in [1.29, 1.82) is 0 Å². The van der Waals surface area contributed by atoms with E-state index in [0.29, 0.717) is 11.3 Å². The molecule has 1 atom stereocenters. The van der Waals surface area contributed by atoms with Gasteiger partial charge in [-0.2, -0.15) is 0 Å². The summed E-state index contributed by atoms with van der Waals surface area (Å²) in [5.41, 5.74) is 1.30. The largest absolute Gasteiger partial charge is 0.504 e. The predicted molar refractivity (Wildman–Crippen MR) is 133 cm³/mol. The Hall–Kier alpha value is -4.44. The van der Waals surface area contributed by atoms with Gasteiger partial charge in [0.2, 0.25) is 0 Å². The molecule has 1 aliphatic heterocycles. The molecule has 4 rings (SSSR count). The van der Waals surface area contributed by atoms with E-state index in [1.807, 2.05) is 18.2 Å². The molecule has 1 aromatic heterocycles. The Morgan fingerprint density at radius 3 is 2.50 bits per heavy atom. The molecule has 1 aliphatic rings. The summed E-state index contributed by atoms with van der Waals surface area (Å²) in [6.07, 6.45) is 2.85. The van der Waals surface area contributed by atoms with Gasteiger partial charge in [-0.1, -0.05) is 53.8 Å². The molecule has 1 amide bonds. The number of esters is 1. The van der Waals surface area contributed by atoms with Gasteiger partial charge in [0.05, 0.1) is 31.5 Å². The molecule has 10 heteroatoms. The summed E-state index contributed by atoms with van der Waals surface area (Å²) >= 11 is 0.902. The summed E-state index contributed by atoms with van der Waals surface area (Å²) < 4.78 is 9.99. The minimum Gasteiger partial charge on any atom is -0.504 e. The number of hydrogen-bond donors (Lipinski definition) is 2. The second kappa shape index (κ2) is 10.0. The maximum Gasteiger partial charge on any atom is 0.350 e. The molecule has 3 aromatic rings. The summed E-state index contributed by atoms with van der Waals surface area (Å²) in [5.74, 6) is -2.82. The first-order chi connectivity index (χ1) is 17.3. The van der Waals surface area contributed by atoms with Gasteiger partial charge < -0.3 is 19.7 Å². The smallest absolute Gasteiger partial charge is 0.350 e. The molecule has 36 heavy (non-hydrogen) atoms. The highest BCUT2D eigenvalue weighted by Gasteiger charge is 2.45. The van der Waals surface area contributed by atoms with Gasteiger partial charge in [-0.05, 0) is 36.3 Å². The Morgan fingerprint density at radius 1 is 1.11 bits per heavy atom. The van der Waals surface area contributed by atoms with Crippen LogP contribution in [0.15, 0.2) is 65.9 Å². The topological polar surface area (TPSA) is 126 Å². The highest BCUT2D eigenvalue weighted by atomic mass is 32.1. The standard InChI is InChI=1S/C26H22N2O7S/c1-14-23(25(33)35-3)36-26(27-14)28-21(16-10-12-17(29)19(13-16)34-2)20(22(31)24(28)32)18(30)11-9-15-7-5-4-6-8-15/h4-13,21,29,31H,1-3H3/b11-9+. The first-order valence-electron chi connectivity index (χ1n) is 10.7. The molecule has 0 bridgehead atoms. The molecule has 0 saturated heterocycles. The number of aryl methyl sites for hydroxylation is 1. The highest BCUT2D eigenvalue weighted by molar-refractivity contribution is 7.17. The third-order valence-electron chi connectivity index (χ3n) is 5.58. The Labute approximate surface area is 210 Å². The zero-order valence-corrected chi connectivity index (χ0v) is 20.4. The Kier molecular flexibility index (Phi) is 6.89. The molecular weight excluding hydrogens is 484 g/mol. The molecule has 0 aliphatic carbocycles. The maximum absolute atomic E-state index is 13.3. The molecular formula is C26H22N2O7S. The van der Waals surface area contributed by atoms with E-state index in [0.717, 1.165) is 21.8 Å². The number of rotatable bonds is 7. The van der Waals surface area contributed by atoms with Crippen molar-refractivity contribution in [2.75, 3.05) is 19.1 Å². The zero-order chi connectivity index (χ0) is 26.0. The monoisotopic (exact) mass is 506 g/mol. The number of aromatic hydroxyl groups is 1. The fourth-order valence-corrected chi connectivity index (χ4v) is 4.84. The first-order valence-corrected chi connectivity index (χ1v) is 11.5. The van der Waals surface area contributed by atoms with Crippen LogP contribution >= 0.6 is 11.3 Å². The van der Waals surface area contributed by atoms with E-state index in [1.54, 1.807) is 25.1 Å². The summed E-state index contributed by atoms with van der Waals surface area (Å²) in [6, 6.07) is 12.3. The first kappa shape index (κ1) is 24.7. The summed E-state index contributed by atoms with van der Waals surface area (Å²) in [6.45, 7) is 1.59. The fourth-order valence-electron chi connectivity index (χ4n) is 3.83. The van der Waals surface area contributed by atoms with E-state index >= 15 is 0 Å². The Balaban J connectivity index is 1.84. The molecule has 1 unspecified atom stereocenters. The maximum atomic E-state index is 13.3. The van der Waals surface area contributed by atoms with Gasteiger partial charge in [-0.25, -0.2) is 9.78 Å². The number of ketones is 1. The lowest BCUT2D eigenvalue weighted by Gasteiger charge is -2.24. The van der Waals surface area contributed by atoms with Crippen molar-refractivity contribution in [3.05, 3.63) is 87.6 Å². The second-order valence-corrected chi connectivity index (χ2v) is 8.76. The molecule has 0 fully saturated rings. The number of thiazole rings is 1. The normalized spacial score (nSPS) is 15.6. The predicted octanol–water partition coefficient (Wildman–Crippen LogP) is 4.13. The number of carbonyl (C=O) groups is 3. The van der Waals surface area contributed by atoms with Crippen molar-refractivity contribution in [3.8, 4) is 11.5 Å². The van der Waals surface area contributed by atoms with Crippen molar-refractivity contribution < 1.29 is 34.1 Å². The number of amides is 1. The number of aliphatic hydroxyl groups excluding tert-OH is 1. The van der Waals surface area contributed by atoms with Gasteiger partial charge in [0, 0.05) is 0 Å². The lowest BCUT2D eigenvalue weighted by molar-refractivity contribution is -0.117. The SMILES string of the molecule is COC(=O)c1sc(N2C(=O)C(O)=C(C(=O)/C=C/c3ccccc3)C2c2ccc(O)c(OC)c2)nc1C. The lowest BCUT2D eigenvalue weighted by atomic mass is 9.95. The fraction of sp³-hybridized carbons (Fsp3) is 0.154. The van der Waals surface area contributed by atoms with Crippen LogP contribution in [-0.4, -0.2) is 47.1 Å². The van der Waals surface area contributed by atoms with Crippen LogP contribution in [-0.2, 0) is 14.3 Å². The number of nitrogens with zero attached hydrogens (tertiary/aromatic N) is 2. The van der Waals surface area contributed by atoms with Crippen molar-refractivity contribution in [2.24, 2.45) is 0 Å². The molecule has 0 saturated carbocycles. The summed E-state index contributed by atoms with van der Waals surface area (Å²) in [7, 11) is 2.60. The van der Waals surface area contributed by atoms with Crippen LogP contribution in [0.25, 0.3) is 6.08 Å². The zero-order valence-electron chi connectivity index (χ0n) is 19.6. The van der Waals surface area contributed by atoms with Crippen LogP contribution in [0.5, 0.6) is 11.5 Å². The minimum absolute atomic E-state index is 0.0938. The number of aromatic nitrogens is 1. The van der Waals surface area contributed by atoms with Crippen LogP contribution < -0.4 is 9.64 Å². The Bertz CT molecular complexity index is 1410. The third-order valence-corrected chi connectivity index (χ3v) is 6.72. The number of ether oxygens (including phenoxy) is 2. The molecule has 2 heterocycles. The van der Waals surface area contributed by atoms with E-state index in [2.05, 4.69) is 4.98 Å². The number of phenols is 1. The number of hydrogen-bond acceptors (Lipinski definition) is 9. The Morgan fingerprint density at radius 2 is 1.83 bits per heavy atom. The molecule has 2 aromatic carbocycles. The van der Waals surface area contributed by atoms with Gasteiger partial charge in [0.15, 0.2) is 28.2 Å². The molecule has 184 valence electrons. The number of carbonyl (C=O) groups excluding carboxylic acids is 3. The highest BCUT2D eigenvalue weighted by Crippen LogP contribution is 2.44. The van der Waals surface area contributed by atoms with Crippen LogP contribution in [0, 0.1) is 6.92 Å². The molecule has 2 N–H and O–H groups in total. The molecule has 0 spiro atoms. The van der Waals surface area contributed by atoms with Crippen molar-refractivity contribution in [2.45, 2.75) is 13.0 Å².